The lowest BCUT2D eigenvalue weighted by atomic mass is 9.99. The van der Waals surface area contributed by atoms with E-state index in [-0.39, 0.29) is 0 Å². The van der Waals surface area contributed by atoms with Gasteiger partial charge in [0.1, 0.15) is 0 Å². The van der Waals surface area contributed by atoms with E-state index in [2.05, 4.69) is 62.4 Å². The van der Waals surface area contributed by atoms with Crippen LogP contribution < -0.4 is 0 Å². The van der Waals surface area contributed by atoms with Crippen LogP contribution in [0, 0.1) is 0 Å². The van der Waals surface area contributed by atoms with Crippen molar-refractivity contribution in [2.24, 2.45) is 0 Å². The van der Waals surface area contributed by atoms with Crippen molar-refractivity contribution in [2.45, 2.75) is 23.6 Å². The standard InChI is InChI=1S/C18H14S3/c1-11-12(2)20-18(19-11)17-13-7-3-5-9-15(13)21-16-10-6-4-8-14(16)17/h3-10H,1-2H3. The van der Waals surface area contributed by atoms with Gasteiger partial charge in [-0.3, -0.25) is 0 Å². The van der Waals surface area contributed by atoms with Crippen molar-refractivity contribution in [2.75, 3.05) is 0 Å². The molecule has 2 aromatic rings. The average molecular weight is 327 g/mol. The molecule has 0 bridgehead atoms. The number of hydrogen-bond donors (Lipinski definition) is 0. The molecule has 0 unspecified atom stereocenters. The molecule has 21 heavy (non-hydrogen) atoms. The Morgan fingerprint density at radius 2 is 1.10 bits per heavy atom. The Kier molecular flexibility index (Phi) is 3.44. The summed E-state index contributed by atoms with van der Waals surface area (Å²) in [5.74, 6) is 0. The molecule has 0 atom stereocenters. The van der Waals surface area contributed by atoms with E-state index in [0.717, 1.165) is 0 Å². The second kappa shape index (κ2) is 5.31. The van der Waals surface area contributed by atoms with Crippen molar-refractivity contribution in [1.82, 2.24) is 0 Å². The van der Waals surface area contributed by atoms with Crippen molar-refractivity contribution in [1.29, 1.82) is 0 Å². The molecule has 0 fully saturated rings. The quantitative estimate of drug-likeness (QED) is 0.457. The van der Waals surface area contributed by atoms with Gasteiger partial charge in [-0.05, 0) is 46.9 Å². The van der Waals surface area contributed by atoms with Gasteiger partial charge in [-0.2, -0.15) is 0 Å². The molecule has 0 aromatic heterocycles. The first kappa shape index (κ1) is 13.6. The highest BCUT2D eigenvalue weighted by atomic mass is 32.2. The summed E-state index contributed by atoms with van der Waals surface area (Å²) >= 11 is 5.72. The van der Waals surface area contributed by atoms with Crippen LogP contribution in [0.5, 0.6) is 0 Å². The Hall–Kier alpha value is -1.03. The van der Waals surface area contributed by atoms with Gasteiger partial charge in [0.25, 0.3) is 0 Å². The van der Waals surface area contributed by atoms with Gasteiger partial charge in [0.15, 0.2) is 0 Å². The van der Waals surface area contributed by atoms with Gasteiger partial charge in [0, 0.05) is 15.4 Å². The van der Waals surface area contributed by atoms with Gasteiger partial charge in [0.05, 0.1) is 4.24 Å². The van der Waals surface area contributed by atoms with E-state index in [1.54, 1.807) is 0 Å². The number of allylic oxidation sites excluding steroid dienone is 2. The van der Waals surface area contributed by atoms with Crippen LogP contribution in [0.15, 0.2) is 72.4 Å². The summed E-state index contributed by atoms with van der Waals surface area (Å²) in [5.41, 5.74) is 4.16. The minimum Gasteiger partial charge on any atom is -0.0888 e. The summed E-state index contributed by atoms with van der Waals surface area (Å²) in [5, 5.41) is 0. The maximum atomic E-state index is 2.25. The number of hydrogen-bond acceptors (Lipinski definition) is 3. The lowest BCUT2D eigenvalue weighted by Crippen LogP contribution is -1.99. The summed E-state index contributed by atoms with van der Waals surface area (Å²) in [6.07, 6.45) is 0. The molecule has 0 nitrogen and oxygen atoms in total. The molecule has 0 saturated heterocycles. The van der Waals surface area contributed by atoms with E-state index < -0.39 is 0 Å². The fourth-order valence-electron chi connectivity index (χ4n) is 2.55. The first-order valence-corrected chi connectivity index (χ1v) is 9.33. The summed E-state index contributed by atoms with van der Waals surface area (Å²) < 4.78 is 1.42. The molecule has 0 N–H and O–H groups in total. The topological polar surface area (TPSA) is 0 Å². The summed E-state index contributed by atoms with van der Waals surface area (Å²) in [6, 6.07) is 17.5. The molecule has 0 saturated carbocycles. The summed E-state index contributed by atoms with van der Waals surface area (Å²) in [6.45, 7) is 4.44. The van der Waals surface area contributed by atoms with E-state index >= 15 is 0 Å². The zero-order valence-electron chi connectivity index (χ0n) is 11.8. The molecule has 2 aliphatic heterocycles. The molecular formula is C18H14S3. The van der Waals surface area contributed by atoms with E-state index in [1.165, 1.54) is 40.5 Å². The first-order chi connectivity index (χ1) is 10.2. The van der Waals surface area contributed by atoms with Crippen molar-refractivity contribution in [3.8, 4) is 0 Å². The molecule has 0 aliphatic carbocycles. The molecule has 2 aromatic carbocycles. The largest absolute Gasteiger partial charge is 0.0888 e. The first-order valence-electron chi connectivity index (χ1n) is 6.88. The third-order valence-corrected chi connectivity index (χ3v) is 7.51. The third-order valence-electron chi connectivity index (χ3n) is 3.72. The predicted octanol–water partition coefficient (Wildman–Crippen LogP) is 6.60. The van der Waals surface area contributed by atoms with Crippen LogP contribution >= 0.6 is 35.3 Å². The lowest BCUT2D eigenvalue weighted by molar-refractivity contribution is 1.29. The molecular weight excluding hydrogens is 312 g/mol. The number of benzene rings is 2. The van der Waals surface area contributed by atoms with Crippen LogP contribution in [0.2, 0.25) is 0 Å². The van der Waals surface area contributed by atoms with E-state index in [1.807, 2.05) is 35.3 Å². The van der Waals surface area contributed by atoms with Gasteiger partial charge in [0.2, 0.25) is 0 Å². The van der Waals surface area contributed by atoms with E-state index in [9.17, 15) is 0 Å². The smallest absolute Gasteiger partial charge is 0.0577 e. The molecule has 104 valence electrons. The summed E-state index contributed by atoms with van der Waals surface area (Å²) in [7, 11) is 0. The van der Waals surface area contributed by atoms with E-state index in [4.69, 9.17) is 0 Å². The molecule has 4 rings (SSSR count). The van der Waals surface area contributed by atoms with Gasteiger partial charge in [-0.25, -0.2) is 0 Å². The highest BCUT2D eigenvalue weighted by Crippen LogP contribution is 2.56. The predicted molar refractivity (Wildman–Crippen MR) is 96.6 cm³/mol. The zero-order chi connectivity index (χ0) is 14.4. The molecule has 0 amide bonds. The highest BCUT2D eigenvalue weighted by molar-refractivity contribution is 8.28. The Labute approximate surface area is 138 Å². The molecule has 2 heterocycles. The van der Waals surface area contributed by atoms with Gasteiger partial charge >= 0.3 is 0 Å². The van der Waals surface area contributed by atoms with Crippen LogP contribution in [0.25, 0.3) is 5.57 Å². The van der Waals surface area contributed by atoms with Crippen LogP contribution in [-0.2, 0) is 0 Å². The van der Waals surface area contributed by atoms with Crippen molar-refractivity contribution in [3.63, 3.8) is 0 Å². The van der Waals surface area contributed by atoms with Crippen molar-refractivity contribution >= 4 is 40.9 Å². The highest BCUT2D eigenvalue weighted by Gasteiger charge is 2.26. The SMILES string of the molecule is CC1=C(C)SC(=C2c3ccccc3Sc3ccccc32)S1. The molecule has 3 heteroatoms. The second-order valence-electron chi connectivity index (χ2n) is 5.07. The Morgan fingerprint density at radius 3 is 1.62 bits per heavy atom. The normalized spacial score (nSPS) is 17.0. The van der Waals surface area contributed by atoms with Crippen molar-refractivity contribution < 1.29 is 0 Å². The minimum atomic E-state index is 1.36. The van der Waals surface area contributed by atoms with Gasteiger partial charge in [-0.1, -0.05) is 71.7 Å². The molecule has 2 aliphatic rings. The van der Waals surface area contributed by atoms with Crippen LogP contribution in [0.4, 0.5) is 0 Å². The number of rotatable bonds is 0. The minimum absolute atomic E-state index is 1.36. The number of fused-ring (bicyclic) bond motifs is 2. The lowest BCUT2D eigenvalue weighted by Gasteiger charge is -2.23. The Bertz CT molecular complexity index is 736. The maximum Gasteiger partial charge on any atom is 0.0577 e. The van der Waals surface area contributed by atoms with Crippen LogP contribution in [0.3, 0.4) is 0 Å². The van der Waals surface area contributed by atoms with Crippen molar-refractivity contribution in [3.05, 3.63) is 73.7 Å². The zero-order valence-corrected chi connectivity index (χ0v) is 14.3. The average Bonchev–Trinajstić information content (AvgIpc) is 2.83. The van der Waals surface area contributed by atoms with Crippen LogP contribution in [-0.4, -0.2) is 0 Å². The monoisotopic (exact) mass is 326 g/mol. The molecule has 0 radical (unpaired) electrons. The second-order valence-corrected chi connectivity index (χ2v) is 8.87. The maximum absolute atomic E-state index is 2.25. The fraction of sp³-hybridized carbons (Fsp3) is 0.111. The Balaban J connectivity index is 1.97. The number of thioether (sulfide) groups is 2. The van der Waals surface area contributed by atoms with E-state index in [0.29, 0.717) is 0 Å². The molecule has 0 spiro atoms. The van der Waals surface area contributed by atoms with Gasteiger partial charge in [-0.15, -0.1) is 0 Å². The van der Waals surface area contributed by atoms with Crippen LogP contribution in [0.1, 0.15) is 25.0 Å². The van der Waals surface area contributed by atoms with Gasteiger partial charge < -0.3 is 0 Å². The Morgan fingerprint density at radius 1 is 0.619 bits per heavy atom. The summed E-state index contributed by atoms with van der Waals surface area (Å²) in [4.78, 5) is 5.58. The fourth-order valence-corrected chi connectivity index (χ4v) is 6.30. The third kappa shape index (κ3) is 2.28.